The van der Waals surface area contributed by atoms with Crippen LogP contribution in [0, 0.1) is 35.5 Å². The third-order valence-corrected chi connectivity index (χ3v) is 6.91. The number of fused-ring (bicyclic) bond motifs is 1. The van der Waals surface area contributed by atoms with Gasteiger partial charge in [0.05, 0.1) is 0 Å². The molecule has 0 bridgehead atoms. The molecule has 6 unspecified atom stereocenters. The molecule has 0 radical (unpaired) electrons. The Bertz CT molecular complexity index is 618. The van der Waals surface area contributed by atoms with Crippen LogP contribution in [0.3, 0.4) is 0 Å². The van der Waals surface area contributed by atoms with E-state index in [2.05, 4.69) is 27.7 Å². The molecule has 2 aliphatic carbocycles. The Morgan fingerprint density at radius 3 is 2.42 bits per heavy atom. The number of esters is 1. The van der Waals surface area contributed by atoms with Gasteiger partial charge in [0.25, 0.3) is 0 Å². The largest absolute Gasteiger partial charge is 0.459 e. The number of carbonyl (C=O) groups excluding carboxylic acids is 1. The van der Waals surface area contributed by atoms with E-state index >= 15 is 0 Å². The summed E-state index contributed by atoms with van der Waals surface area (Å²) in [5.74, 6) is 3.47. The molecule has 1 aromatic carbocycles. The summed E-state index contributed by atoms with van der Waals surface area (Å²) in [7, 11) is 0. The molecule has 0 saturated heterocycles. The lowest BCUT2D eigenvalue weighted by atomic mass is 9.76. The Labute approximate surface area is 159 Å². The van der Waals surface area contributed by atoms with Crippen molar-refractivity contribution in [3.05, 3.63) is 42.0 Å². The van der Waals surface area contributed by atoms with Gasteiger partial charge in [-0.25, -0.2) is 4.79 Å². The van der Waals surface area contributed by atoms with Crippen molar-refractivity contribution in [3.63, 3.8) is 0 Å². The zero-order chi connectivity index (χ0) is 18.7. The van der Waals surface area contributed by atoms with Gasteiger partial charge in [-0.2, -0.15) is 0 Å². The van der Waals surface area contributed by atoms with E-state index in [1.807, 2.05) is 36.4 Å². The Morgan fingerprint density at radius 2 is 1.73 bits per heavy atom. The molecule has 1 aromatic rings. The maximum absolute atomic E-state index is 12.6. The van der Waals surface area contributed by atoms with Crippen LogP contribution in [-0.4, -0.2) is 12.1 Å². The van der Waals surface area contributed by atoms with Gasteiger partial charge in [0.2, 0.25) is 0 Å². The smallest absolute Gasteiger partial charge is 0.331 e. The van der Waals surface area contributed by atoms with Crippen molar-refractivity contribution in [2.45, 2.75) is 59.5 Å². The van der Waals surface area contributed by atoms with Crippen LogP contribution in [0.5, 0.6) is 0 Å². The predicted octanol–water partition coefficient (Wildman–Crippen LogP) is 5.98. The monoisotopic (exact) mass is 354 g/mol. The van der Waals surface area contributed by atoms with E-state index < -0.39 is 0 Å². The highest BCUT2D eigenvalue weighted by Gasteiger charge is 2.48. The van der Waals surface area contributed by atoms with E-state index in [1.54, 1.807) is 6.08 Å². The van der Waals surface area contributed by atoms with Crippen molar-refractivity contribution < 1.29 is 9.53 Å². The minimum atomic E-state index is -0.183. The summed E-state index contributed by atoms with van der Waals surface area (Å²) in [6.45, 7) is 9.35. The fourth-order valence-corrected chi connectivity index (χ4v) is 5.39. The Kier molecular flexibility index (Phi) is 6.21. The lowest BCUT2D eigenvalue weighted by Crippen LogP contribution is -2.39. The number of ether oxygens (including phenoxy) is 1. The van der Waals surface area contributed by atoms with Crippen molar-refractivity contribution in [1.82, 2.24) is 0 Å². The van der Waals surface area contributed by atoms with Crippen LogP contribution < -0.4 is 0 Å². The molecular weight excluding hydrogens is 320 g/mol. The van der Waals surface area contributed by atoms with Crippen LogP contribution in [0.2, 0.25) is 0 Å². The molecule has 2 nitrogen and oxygen atoms in total. The van der Waals surface area contributed by atoms with Crippen LogP contribution in [-0.2, 0) is 9.53 Å². The topological polar surface area (TPSA) is 26.3 Å². The SMILES string of the molecule is CC(C)C1CCC(C)C2CCC(C)C2C1OC(=O)/C=C/c1ccccc1. The molecule has 0 N–H and O–H groups in total. The molecular formula is C24H34O2. The fraction of sp³-hybridized carbons (Fsp3) is 0.625. The number of hydrogen-bond donors (Lipinski definition) is 0. The second-order valence-corrected chi connectivity index (χ2v) is 8.90. The van der Waals surface area contributed by atoms with Crippen molar-refractivity contribution in [3.8, 4) is 0 Å². The van der Waals surface area contributed by atoms with Gasteiger partial charge in [-0.05, 0) is 54.1 Å². The third kappa shape index (κ3) is 4.22. The Morgan fingerprint density at radius 1 is 1.04 bits per heavy atom. The highest BCUT2D eigenvalue weighted by atomic mass is 16.5. The van der Waals surface area contributed by atoms with Crippen molar-refractivity contribution >= 4 is 12.0 Å². The first-order chi connectivity index (χ1) is 12.5. The van der Waals surface area contributed by atoms with Gasteiger partial charge in [-0.3, -0.25) is 0 Å². The minimum absolute atomic E-state index is 0.0652. The van der Waals surface area contributed by atoms with Crippen LogP contribution in [0.15, 0.2) is 36.4 Å². The summed E-state index contributed by atoms with van der Waals surface area (Å²) in [4.78, 5) is 12.6. The quantitative estimate of drug-likeness (QED) is 0.491. The van der Waals surface area contributed by atoms with E-state index in [-0.39, 0.29) is 12.1 Å². The maximum Gasteiger partial charge on any atom is 0.331 e. The molecule has 0 amide bonds. The van der Waals surface area contributed by atoms with Crippen LogP contribution in [0.1, 0.15) is 58.9 Å². The molecule has 26 heavy (non-hydrogen) atoms. The summed E-state index contributed by atoms with van der Waals surface area (Å²) in [6.07, 6.45) is 8.56. The molecule has 0 aliphatic heterocycles. The van der Waals surface area contributed by atoms with Crippen molar-refractivity contribution in [2.75, 3.05) is 0 Å². The van der Waals surface area contributed by atoms with E-state index in [4.69, 9.17) is 4.74 Å². The van der Waals surface area contributed by atoms with Gasteiger partial charge < -0.3 is 4.74 Å². The van der Waals surface area contributed by atoms with E-state index in [0.717, 1.165) is 11.5 Å². The lowest BCUT2D eigenvalue weighted by molar-refractivity contribution is -0.152. The number of benzene rings is 1. The summed E-state index contributed by atoms with van der Waals surface area (Å²) in [5.41, 5.74) is 1.03. The number of hydrogen-bond acceptors (Lipinski definition) is 2. The fourth-order valence-electron chi connectivity index (χ4n) is 5.39. The number of carbonyl (C=O) groups is 1. The standard InChI is InChI=1S/C24H34O2/c1-16(2)20-13-10-17(3)21-14-11-18(4)23(21)24(20)26-22(25)15-12-19-8-6-5-7-9-19/h5-9,12,15-18,20-21,23-24H,10-11,13-14H2,1-4H3/b15-12+. The molecule has 2 aliphatic rings. The molecule has 2 saturated carbocycles. The normalized spacial score (nSPS) is 34.7. The highest BCUT2D eigenvalue weighted by molar-refractivity contribution is 5.87. The second-order valence-electron chi connectivity index (χ2n) is 8.90. The summed E-state index contributed by atoms with van der Waals surface area (Å²) >= 11 is 0. The van der Waals surface area contributed by atoms with Crippen molar-refractivity contribution in [1.29, 1.82) is 0 Å². The molecule has 142 valence electrons. The molecule has 2 fully saturated rings. The highest BCUT2D eigenvalue weighted by Crippen LogP contribution is 2.50. The van der Waals surface area contributed by atoms with Gasteiger partial charge in [0, 0.05) is 12.0 Å². The van der Waals surface area contributed by atoms with Crippen molar-refractivity contribution in [2.24, 2.45) is 35.5 Å². The van der Waals surface area contributed by atoms with E-state index in [1.165, 1.54) is 25.7 Å². The molecule has 6 atom stereocenters. The lowest BCUT2D eigenvalue weighted by Gasteiger charge is -2.36. The number of rotatable bonds is 4. The molecule has 0 spiro atoms. The Balaban J connectivity index is 1.78. The van der Waals surface area contributed by atoms with Gasteiger partial charge >= 0.3 is 5.97 Å². The maximum atomic E-state index is 12.6. The third-order valence-electron chi connectivity index (χ3n) is 6.91. The van der Waals surface area contributed by atoms with Crippen LogP contribution >= 0.6 is 0 Å². The summed E-state index contributed by atoms with van der Waals surface area (Å²) < 4.78 is 6.17. The Hall–Kier alpha value is -1.57. The first-order valence-corrected chi connectivity index (χ1v) is 10.4. The molecule has 0 aromatic heterocycles. The van der Waals surface area contributed by atoms with E-state index in [0.29, 0.717) is 29.6 Å². The van der Waals surface area contributed by atoms with Gasteiger partial charge in [-0.15, -0.1) is 0 Å². The van der Waals surface area contributed by atoms with Gasteiger partial charge in [-0.1, -0.05) is 70.9 Å². The average Bonchev–Trinajstić information content (AvgIpc) is 2.94. The molecule has 2 heteroatoms. The molecule has 0 heterocycles. The first-order valence-electron chi connectivity index (χ1n) is 10.4. The van der Waals surface area contributed by atoms with Gasteiger partial charge in [0.1, 0.15) is 6.10 Å². The van der Waals surface area contributed by atoms with Crippen LogP contribution in [0.25, 0.3) is 6.08 Å². The van der Waals surface area contributed by atoms with Gasteiger partial charge in [0.15, 0.2) is 0 Å². The zero-order valence-corrected chi connectivity index (χ0v) is 16.7. The first kappa shape index (κ1) is 19.2. The zero-order valence-electron chi connectivity index (χ0n) is 16.7. The summed E-state index contributed by atoms with van der Waals surface area (Å²) in [6, 6.07) is 9.96. The molecule has 3 rings (SSSR count). The predicted molar refractivity (Wildman–Crippen MR) is 107 cm³/mol. The summed E-state index contributed by atoms with van der Waals surface area (Å²) in [5, 5.41) is 0. The average molecular weight is 355 g/mol. The van der Waals surface area contributed by atoms with E-state index in [9.17, 15) is 4.79 Å². The minimum Gasteiger partial charge on any atom is -0.459 e. The second kappa shape index (κ2) is 8.41. The van der Waals surface area contributed by atoms with Crippen LogP contribution in [0.4, 0.5) is 0 Å².